The molecular weight excluding hydrogens is 418 g/mol. The molecule has 0 atom stereocenters. The molecule has 0 saturated heterocycles. The largest absolute Gasteiger partial charge is 0.450 e. The maximum Gasteiger partial charge on any atom is 0.407 e. The first-order valence-corrected chi connectivity index (χ1v) is 9.10. The van der Waals surface area contributed by atoms with Gasteiger partial charge in [-0.25, -0.2) is 4.79 Å². The summed E-state index contributed by atoms with van der Waals surface area (Å²) in [6.07, 6.45) is -0.315. The molecule has 0 fully saturated rings. The second-order valence-corrected chi connectivity index (χ2v) is 6.21. The van der Waals surface area contributed by atoms with E-state index in [0.29, 0.717) is 30.1 Å². The minimum atomic E-state index is -0.508. The van der Waals surface area contributed by atoms with Crippen LogP contribution in [-0.4, -0.2) is 37.6 Å². The maximum absolute atomic E-state index is 12.0. The molecule has 1 aromatic heterocycles. The molecule has 1 aromatic carbocycles. The Morgan fingerprint density at radius 1 is 1.04 bits per heavy atom. The molecule has 27 heavy (non-hydrogen) atoms. The maximum atomic E-state index is 12.0. The lowest BCUT2D eigenvalue weighted by atomic mass is 10.1. The van der Waals surface area contributed by atoms with Gasteiger partial charge in [0.15, 0.2) is 10.4 Å². The average molecular weight is 438 g/mol. The van der Waals surface area contributed by atoms with Crippen molar-refractivity contribution in [3.63, 3.8) is 0 Å². The number of nitrogens with one attached hydrogen (secondary N) is 3. The van der Waals surface area contributed by atoms with Crippen LogP contribution in [-0.2, 0) is 16.0 Å². The number of ether oxygens (including phenoxy) is 1. The average Bonchev–Trinajstić information content (AvgIpc) is 3.07. The first-order chi connectivity index (χ1) is 13.0. The smallest absolute Gasteiger partial charge is 0.407 e. The molecule has 9 heteroatoms. The molecule has 0 spiro atoms. The van der Waals surface area contributed by atoms with Gasteiger partial charge in [0.25, 0.3) is 5.91 Å². The predicted octanol–water partition coefficient (Wildman–Crippen LogP) is 2.70. The van der Waals surface area contributed by atoms with E-state index < -0.39 is 6.09 Å². The number of benzene rings is 1. The number of halogens is 1. The normalized spacial score (nSPS) is 10.1. The third-order valence-electron chi connectivity index (χ3n) is 3.37. The summed E-state index contributed by atoms with van der Waals surface area (Å²) in [5.74, 6) is -0.333. The van der Waals surface area contributed by atoms with Crippen LogP contribution >= 0.6 is 15.9 Å². The molecular formula is C18H20BrN3O5. The number of anilines is 1. The third-order valence-corrected chi connectivity index (χ3v) is 3.79. The summed E-state index contributed by atoms with van der Waals surface area (Å²) in [5, 5.41) is 7.93. The minimum absolute atomic E-state index is 0.169. The van der Waals surface area contributed by atoms with E-state index in [1.807, 2.05) is 0 Å². The van der Waals surface area contributed by atoms with E-state index >= 15 is 0 Å². The van der Waals surface area contributed by atoms with Crippen molar-refractivity contribution in [3.8, 4) is 0 Å². The van der Waals surface area contributed by atoms with Crippen molar-refractivity contribution in [2.45, 2.75) is 13.3 Å². The van der Waals surface area contributed by atoms with Crippen LogP contribution in [0.1, 0.15) is 23.0 Å². The number of hydrogen-bond acceptors (Lipinski definition) is 5. The molecule has 0 aliphatic heterocycles. The van der Waals surface area contributed by atoms with Gasteiger partial charge >= 0.3 is 6.09 Å². The van der Waals surface area contributed by atoms with Gasteiger partial charge < -0.3 is 25.1 Å². The van der Waals surface area contributed by atoms with Crippen LogP contribution in [0.4, 0.5) is 10.5 Å². The lowest BCUT2D eigenvalue weighted by Crippen LogP contribution is -2.35. The van der Waals surface area contributed by atoms with Crippen molar-refractivity contribution in [1.29, 1.82) is 0 Å². The van der Waals surface area contributed by atoms with Crippen LogP contribution in [0.5, 0.6) is 0 Å². The number of hydrogen-bond donors (Lipinski definition) is 3. The van der Waals surface area contributed by atoms with Crippen molar-refractivity contribution in [2.24, 2.45) is 0 Å². The molecule has 2 aromatic rings. The quantitative estimate of drug-likeness (QED) is 0.549. The van der Waals surface area contributed by atoms with Crippen LogP contribution in [0.15, 0.2) is 45.5 Å². The fraction of sp³-hybridized carbons (Fsp3) is 0.278. The first kappa shape index (κ1) is 20.5. The zero-order chi connectivity index (χ0) is 19.6. The molecule has 0 bridgehead atoms. The van der Waals surface area contributed by atoms with Crippen molar-refractivity contribution in [3.05, 3.63) is 52.4 Å². The molecule has 0 unspecified atom stereocenters. The summed E-state index contributed by atoms with van der Waals surface area (Å²) < 4.78 is 10.4. The predicted molar refractivity (Wildman–Crippen MR) is 103 cm³/mol. The highest BCUT2D eigenvalue weighted by atomic mass is 79.9. The lowest BCUT2D eigenvalue weighted by Gasteiger charge is -2.08. The molecule has 0 saturated carbocycles. The van der Waals surface area contributed by atoms with Crippen molar-refractivity contribution in [1.82, 2.24) is 10.6 Å². The van der Waals surface area contributed by atoms with E-state index in [4.69, 9.17) is 9.15 Å². The summed E-state index contributed by atoms with van der Waals surface area (Å²) in [7, 11) is 0. The van der Waals surface area contributed by atoms with Gasteiger partial charge in [-0.3, -0.25) is 9.59 Å². The van der Waals surface area contributed by atoms with Gasteiger partial charge in [-0.05, 0) is 52.7 Å². The summed E-state index contributed by atoms with van der Waals surface area (Å²) in [6.45, 7) is 2.62. The highest BCUT2D eigenvalue weighted by Gasteiger charge is 2.11. The highest BCUT2D eigenvalue weighted by molar-refractivity contribution is 9.10. The summed E-state index contributed by atoms with van der Waals surface area (Å²) in [5.41, 5.74) is 1.39. The van der Waals surface area contributed by atoms with Crippen LogP contribution in [0.25, 0.3) is 0 Å². The topological polar surface area (TPSA) is 110 Å². The van der Waals surface area contributed by atoms with Gasteiger partial charge in [0.05, 0.1) is 13.0 Å². The number of rotatable bonds is 8. The van der Waals surface area contributed by atoms with E-state index in [9.17, 15) is 14.4 Å². The third kappa shape index (κ3) is 7.14. The Labute approximate surface area is 164 Å². The van der Waals surface area contributed by atoms with Gasteiger partial charge in [0.2, 0.25) is 5.91 Å². The van der Waals surface area contributed by atoms with Crippen LogP contribution < -0.4 is 16.0 Å². The molecule has 0 radical (unpaired) electrons. The van der Waals surface area contributed by atoms with Crippen molar-refractivity contribution < 1.29 is 23.5 Å². The van der Waals surface area contributed by atoms with Gasteiger partial charge in [0.1, 0.15) is 0 Å². The first-order valence-electron chi connectivity index (χ1n) is 8.31. The highest BCUT2D eigenvalue weighted by Crippen LogP contribution is 2.16. The number of alkyl carbamates (subject to hydrolysis) is 1. The standard InChI is InChI=1S/C18H20BrN3O5/c1-2-26-18(25)21-10-9-20-16(23)11-12-3-5-13(6-4-12)22-17(24)14-7-8-15(19)27-14/h3-8H,2,9-11H2,1H3,(H,20,23)(H,21,25)(H,22,24). The van der Waals surface area contributed by atoms with E-state index in [0.717, 1.165) is 5.56 Å². The number of furan rings is 1. The van der Waals surface area contributed by atoms with Gasteiger partial charge in [0, 0.05) is 18.8 Å². The second-order valence-electron chi connectivity index (χ2n) is 5.43. The fourth-order valence-electron chi connectivity index (χ4n) is 2.13. The SMILES string of the molecule is CCOC(=O)NCCNC(=O)Cc1ccc(NC(=O)c2ccc(Br)o2)cc1. The van der Waals surface area contributed by atoms with Crippen LogP contribution in [0, 0.1) is 0 Å². The van der Waals surface area contributed by atoms with E-state index in [1.54, 1.807) is 43.3 Å². The number of amides is 3. The summed E-state index contributed by atoms with van der Waals surface area (Å²) >= 11 is 3.14. The van der Waals surface area contributed by atoms with Crippen molar-refractivity contribution in [2.75, 3.05) is 25.0 Å². The molecule has 144 valence electrons. The Hall–Kier alpha value is -2.81. The molecule has 0 aliphatic rings. The zero-order valence-electron chi connectivity index (χ0n) is 14.7. The molecule has 2 rings (SSSR count). The Morgan fingerprint density at radius 2 is 1.74 bits per heavy atom. The molecule has 3 N–H and O–H groups in total. The van der Waals surface area contributed by atoms with Crippen LogP contribution in [0.2, 0.25) is 0 Å². The number of carbonyl (C=O) groups excluding carboxylic acids is 3. The number of carbonyl (C=O) groups is 3. The van der Waals surface area contributed by atoms with Gasteiger partial charge in [-0.15, -0.1) is 0 Å². The minimum Gasteiger partial charge on any atom is -0.450 e. The monoisotopic (exact) mass is 437 g/mol. The molecule has 3 amide bonds. The molecule has 0 aliphatic carbocycles. The van der Waals surface area contributed by atoms with E-state index in [-0.39, 0.29) is 24.0 Å². The van der Waals surface area contributed by atoms with Gasteiger partial charge in [-0.1, -0.05) is 12.1 Å². The zero-order valence-corrected chi connectivity index (χ0v) is 16.3. The summed E-state index contributed by atoms with van der Waals surface area (Å²) in [4.78, 5) is 35.0. The van der Waals surface area contributed by atoms with E-state index in [2.05, 4.69) is 31.9 Å². The Morgan fingerprint density at radius 3 is 2.37 bits per heavy atom. The lowest BCUT2D eigenvalue weighted by molar-refractivity contribution is -0.120. The Balaban J connectivity index is 1.74. The van der Waals surface area contributed by atoms with Crippen LogP contribution in [0.3, 0.4) is 0 Å². The molecule has 1 heterocycles. The second kappa shape index (κ2) is 10.4. The van der Waals surface area contributed by atoms with Crippen molar-refractivity contribution >= 4 is 39.5 Å². The Kier molecular flexibility index (Phi) is 7.87. The molecule has 8 nitrogen and oxygen atoms in total. The summed E-state index contributed by atoms with van der Waals surface area (Å²) in [6, 6.07) is 10.1. The Bertz CT molecular complexity index is 789. The fourth-order valence-corrected chi connectivity index (χ4v) is 2.44. The van der Waals surface area contributed by atoms with E-state index in [1.165, 1.54) is 0 Å². The van der Waals surface area contributed by atoms with Gasteiger partial charge in [-0.2, -0.15) is 0 Å².